The highest BCUT2D eigenvalue weighted by atomic mass is 16.1. The fraction of sp³-hybridized carbons (Fsp3) is 0.643. The van der Waals surface area contributed by atoms with Gasteiger partial charge in [0.05, 0.1) is 0 Å². The SMILES string of the molecule is CC1=CCC(C(C)/C=C(\C)C=O)C1(C)C. The molecule has 0 saturated carbocycles. The molecule has 0 fully saturated rings. The summed E-state index contributed by atoms with van der Waals surface area (Å²) in [5.74, 6) is 1.10. The number of carbonyl (C=O) groups excluding carboxylic acids is 1. The first-order valence-corrected chi connectivity index (χ1v) is 5.70. The minimum atomic E-state index is 0.277. The topological polar surface area (TPSA) is 17.1 Å². The molecule has 84 valence electrons. The molecular formula is C14H22O. The van der Waals surface area contributed by atoms with Crippen LogP contribution in [-0.2, 0) is 4.79 Å². The average molecular weight is 206 g/mol. The second-order valence-electron chi connectivity index (χ2n) is 5.34. The van der Waals surface area contributed by atoms with E-state index in [1.165, 1.54) is 5.57 Å². The van der Waals surface area contributed by atoms with Crippen molar-refractivity contribution in [3.63, 3.8) is 0 Å². The van der Waals surface area contributed by atoms with Crippen molar-refractivity contribution >= 4 is 6.29 Å². The summed E-state index contributed by atoms with van der Waals surface area (Å²) in [6.45, 7) is 10.9. The lowest BCUT2D eigenvalue weighted by atomic mass is 9.71. The van der Waals surface area contributed by atoms with Gasteiger partial charge in [-0.15, -0.1) is 0 Å². The Morgan fingerprint density at radius 1 is 1.60 bits per heavy atom. The molecule has 0 N–H and O–H groups in total. The van der Waals surface area contributed by atoms with Crippen molar-refractivity contribution < 1.29 is 4.79 Å². The van der Waals surface area contributed by atoms with Gasteiger partial charge < -0.3 is 0 Å². The maximum Gasteiger partial charge on any atom is 0.145 e. The van der Waals surface area contributed by atoms with Gasteiger partial charge in [-0.25, -0.2) is 0 Å². The van der Waals surface area contributed by atoms with Crippen molar-refractivity contribution in [2.45, 2.75) is 41.0 Å². The minimum Gasteiger partial charge on any atom is -0.298 e. The molecule has 0 radical (unpaired) electrons. The molecule has 1 rings (SSSR count). The van der Waals surface area contributed by atoms with E-state index in [1.807, 2.05) is 6.92 Å². The lowest BCUT2D eigenvalue weighted by molar-refractivity contribution is -0.104. The average Bonchev–Trinajstić information content (AvgIpc) is 2.41. The van der Waals surface area contributed by atoms with Gasteiger partial charge in [0, 0.05) is 0 Å². The van der Waals surface area contributed by atoms with Crippen molar-refractivity contribution in [3.05, 3.63) is 23.3 Å². The zero-order chi connectivity index (χ0) is 11.6. The van der Waals surface area contributed by atoms with Crippen LogP contribution in [0.4, 0.5) is 0 Å². The van der Waals surface area contributed by atoms with E-state index in [4.69, 9.17) is 0 Å². The third-order valence-electron chi connectivity index (χ3n) is 3.97. The van der Waals surface area contributed by atoms with Crippen LogP contribution in [0.1, 0.15) is 41.0 Å². The van der Waals surface area contributed by atoms with E-state index in [-0.39, 0.29) is 5.41 Å². The van der Waals surface area contributed by atoms with E-state index in [1.54, 1.807) is 0 Å². The van der Waals surface area contributed by atoms with Gasteiger partial charge in [0.25, 0.3) is 0 Å². The molecule has 15 heavy (non-hydrogen) atoms. The van der Waals surface area contributed by atoms with Crippen molar-refractivity contribution in [1.29, 1.82) is 0 Å². The summed E-state index contributed by atoms with van der Waals surface area (Å²) in [7, 11) is 0. The summed E-state index contributed by atoms with van der Waals surface area (Å²) < 4.78 is 0. The number of allylic oxidation sites excluding steroid dienone is 4. The molecule has 0 heterocycles. The van der Waals surface area contributed by atoms with Gasteiger partial charge in [-0.2, -0.15) is 0 Å². The zero-order valence-electron chi connectivity index (χ0n) is 10.5. The number of rotatable bonds is 3. The molecular weight excluding hydrogens is 184 g/mol. The molecule has 0 bridgehead atoms. The van der Waals surface area contributed by atoms with Crippen molar-refractivity contribution in [1.82, 2.24) is 0 Å². The lowest BCUT2D eigenvalue weighted by Crippen LogP contribution is -2.25. The van der Waals surface area contributed by atoms with Gasteiger partial charge in [0.15, 0.2) is 0 Å². The molecule has 0 saturated heterocycles. The molecule has 0 aromatic carbocycles. The molecule has 0 aliphatic heterocycles. The second-order valence-corrected chi connectivity index (χ2v) is 5.34. The Morgan fingerprint density at radius 3 is 2.60 bits per heavy atom. The molecule has 0 aromatic heterocycles. The highest BCUT2D eigenvalue weighted by molar-refractivity contribution is 5.72. The van der Waals surface area contributed by atoms with Crippen LogP contribution in [0.25, 0.3) is 0 Å². The number of hydrogen-bond acceptors (Lipinski definition) is 1. The van der Waals surface area contributed by atoms with E-state index < -0.39 is 0 Å². The summed E-state index contributed by atoms with van der Waals surface area (Å²) >= 11 is 0. The Hall–Kier alpha value is -0.850. The van der Waals surface area contributed by atoms with Gasteiger partial charge in [-0.1, -0.05) is 38.5 Å². The number of aldehydes is 1. The number of hydrogen-bond donors (Lipinski definition) is 0. The zero-order valence-corrected chi connectivity index (χ0v) is 10.5. The fourth-order valence-electron chi connectivity index (χ4n) is 2.60. The van der Waals surface area contributed by atoms with Crippen molar-refractivity contribution in [2.75, 3.05) is 0 Å². The molecule has 0 aromatic rings. The predicted octanol–water partition coefficient (Wildman–Crippen LogP) is 3.76. The van der Waals surface area contributed by atoms with Gasteiger partial charge in [-0.3, -0.25) is 4.79 Å². The fourth-order valence-corrected chi connectivity index (χ4v) is 2.60. The highest BCUT2D eigenvalue weighted by Gasteiger charge is 2.37. The lowest BCUT2D eigenvalue weighted by Gasteiger charge is -2.33. The highest BCUT2D eigenvalue weighted by Crippen LogP contribution is 2.47. The van der Waals surface area contributed by atoms with Gasteiger partial charge >= 0.3 is 0 Å². The van der Waals surface area contributed by atoms with E-state index in [0.717, 1.165) is 18.3 Å². The quantitative estimate of drug-likeness (QED) is 0.390. The van der Waals surface area contributed by atoms with Gasteiger partial charge in [0.2, 0.25) is 0 Å². The third-order valence-corrected chi connectivity index (χ3v) is 3.97. The molecule has 1 aliphatic carbocycles. The van der Waals surface area contributed by atoms with Crippen molar-refractivity contribution in [2.24, 2.45) is 17.3 Å². The van der Waals surface area contributed by atoms with Crippen LogP contribution in [0.5, 0.6) is 0 Å². The molecule has 0 spiro atoms. The molecule has 1 nitrogen and oxygen atoms in total. The van der Waals surface area contributed by atoms with E-state index in [2.05, 4.69) is 39.8 Å². The van der Waals surface area contributed by atoms with Crippen LogP contribution in [0.15, 0.2) is 23.3 Å². The van der Waals surface area contributed by atoms with Crippen molar-refractivity contribution in [3.8, 4) is 0 Å². The smallest absolute Gasteiger partial charge is 0.145 e. The molecule has 1 aliphatic rings. The van der Waals surface area contributed by atoms with Crippen LogP contribution in [0, 0.1) is 17.3 Å². The van der Waals surface area contributed by atoms with Crippen LogP contribution in [-0.4, -0.2) is 6.29 Å². The van der Waals surface area contributed by atoms with Crippen LogP contribution < -0.4 is 0 Å². The van der Waals surface area contributed by atoms with Gasteiger partial charge in [0.1, 0.15) is 6.29 Å². The van der Waals surface area contributed by atoms with Crippen LogP contribution in [0.3, 0.4) is 0 Å². The van der Waals surface area contributed by atoms with E-state index >= 15 is 0 Å². The normalized spacial score (nSPS) is 27.4. The summed E-state index contributed by atoms with van der Waals surface area (Å²) in [5.41, 5.74) is 2.61. The third kappa shape index (κ3) is 2.39. The summed E-state index contributed by atoms with van der Waals surface area (Å²) in [6, 6.07) is 0. The Balaban J connectivity index is 2.80. The Labute approximate surface area is 93.3 Å². The second kappa shape index (κ2) is 4.34. The summed E-state index contributed by atoms with van der Waals surface area (Å²) in [4.78, 5) is 10.6. The monoisotopic (exact) mass is 206 g/mol. The predicted molar refractivity (Wildman–Crippen MR) is 64.6 cm³/mol. The largest absolute Gasteiger partial charge is 0.298 e. The Morgan fingerprint density at radius 2 is 2.20 bits per heavy atom. The van der Waals surface area contributed by atoms with Gasteiger partial charge in [-0.05, 0) is 43.1 Å². The maximum atomic E-state index is 10.6. The molecule has 1 heteroatoms. The molecule has 2 unspecified atom stereocenters. The van der Waals surface area contributed by atoms with E-state index in [9.17, 15) is 4.79 Å². The first-order valence-electron chi connectivity index (χ1n) is 5.70. The summed E-state index contributed by atoms with van der Waals surface area (Å²) in [5, 5.41) is 0. The maximum absolute atomic E-state index is 10.6. The minimum absolute atomic E-state index is 0.277. The van der Waals surface area contributed by atoms with Crippen LogP contribution >= 0.6 is 0 Å². The summed E-state index contributed by atoms with van der Waals surface area (Å²) in [6.07, 6.45) is 6.53. The standard InChI is InChI=1S/C14H22O/c1-10(9-15)8-11(2)13-7-6-12(3)14(13,4)5/h6,8-9,11,13H,7H2,1-5H3/b10-8+. The molecule has 2 atom stereocenters. The molecule has 0 amide bonds. The first kappa shape index (κ1) is 12.2. The Bertz CT molecular complexity index is 307. The first-order chi connectivity index (χ1) is 6.89. The Kier molecular flexibility index (Phi) is 3.54. The number of carbonyl (C=O) groups is 1. The van der Waals surface area contributed by atoms with Crippen LogP contribution in [0.2, 0.25) is 0 Å². The van der Waals surface area contributed by atoms with E-state index in [0.29, 0.717) is 11.8 Å².